The van der Waals surface area contributed by atoms with Crippen molar-refractivity contribution in [1.82, 2.24) is 6.15 Å². The maximum Gasteiger partial charge on any atom is 2.00 e. The molecule has 0 unspecified atom stereocenters. The summed E-state index contributed by atoms with van der Waals surface area (Å²) in [6.07, 6.45) is 0. The standard InChI is InChI=1S/CH4N2O.H3N.2Zn/c2-1(3)4;;;/h(H4,2,3,4);1H3;;/q;;2*+2. The molecular weight excluding hydrogens is 201 g/mol. The fourth-order valence-corrected chi connectivity index (χ4v) is 0. The molecule has 7 heavy (non-hydrogen) atoms. The molecule has 0 radical (unpaired) electrons. The van der Waals surface area contributed by atoms with Gasteiger partial charge in [0.1, 0.15) is 0 Å². The molecule has 0 heterocycles. The van der Waals surface area contributed by atoms with Crippen LogP contribution in [-0.2, 0) is 39.0 Å². The molecule has 32 valence electrons. The Hall–Kier alpha value is 0.477. The fraction of sp³-hybridized carbons (Fsp3) is 0. The van der Waals surface area contributed by atoms with Crippen LogP contribution in [0.4, 0.5) is 4.79 Å². The summed E-state index contributed by atoms with van der Waals surface area (Å²) in [6.45, 7) is 0. The maximum absolute atomic E-state index is 9.00. The van der Waals surface area contributed by atoms with Crippen molar-refractivity contribution < 1.29 is 43.8 Å². The van der Waals surface area contributed by atoms with E-state index in [1.54, 1.807) is 0 Å². The van der Waals surface area contributed by atoms with Gasteiger partial charge in [0.05, 0.1) is 0 Å². The van der Waals surface area contributed by atoms with Crippen molar-refractivity contribution in [2.45, 2.75) is 0 Å². The van der Waals surface area contributed by atoms with Crippen LogP contribution in [0.15, 0.2) is 0 Å². The normalized spacial score (nSPS) is 3.43. The first-order valence-corrected chi connectivity index (χ1v) is 0.781. The molecule has 0 spiro atoms. The van der Waals surface area contributed by atoms with Crippen LogP contribution in [0.5, 0.6) is 0 Å². The van der Waals surface area contributed by atoms with E-state index < -0.39 is 6.03 Å². The zero-order valence-corrected chi connectivity index (χ0v) is 10.1. The van der Waals surface area contributed by atoms with E-state index in [1.807, 2.05) is 0 Å². The Morgan fingerprint density at radius 1 is 1.14 bits per heavy atom. The number of carbonyl (C=O) groups excluding carboxylic acids is 1. The molecule has 0 aliphatic heterocycles. The molecule has 0 aromatic carbocycles. The van der Waals surface area contributed by atoms with Crippen LogP contribution in [-0.4, -0.2) is 6.03 Å². The van der Waals surface area contributed by atoms with Gasteiger partial charge in [-0.15, -0.1) is 0 Å². The Labute approximate surface area is 67.5 Å². The van der Waals surface area contributed by atoms with Gasteiger partial charge in [-0.25, -0.2) is 4.79 Å². The third-order valence-electron chi connectivity index (χ3n) is 0. The predicted octanol–water partition coefficient (Wildman–Crippen LogP) is -0.819. The predicted molar refractivity (Wildman–Crippen MR) is 18.8 cm³/mol. The molecule has 0 fully saturated rings. The number of amides is 2. The fourth-order valence-electron chi connectivity index (χ4n) is 0. The van der Waals surface area contributed by atoms with Crippen molar-refractivity contribution in [3.05, 3.63) is 0 Å². The third kappa shape index (κ3) is 571. The van der Waals surface area contributed by atoms with E-state index in [1.165, 1.54) is 0 Å². The SMILES string of the molecule is N.NC(N)=O.[Zn+2].[Zn+2]. The monoisotopic (exact) mass is 205 g/mol. The van der Waals surface area contributed by atoms with Gasteiger partial charge >= 0.3 is 45.0 Å². The summed E-state index contributed by atoms with van der Waals surface area (Å²) in [7, 11) is 0. The summed E-state index contributed by atoms with van der Waals surface area (Å²) in [4.78, 5) is 9.00. The summed E-state index contributed by atoms with van der Waals surface area (Å²) in [5, 5.41) is 0. The molecular formula is CH7N3OZn2+4. The summed E-state index contributed by atoms with van der Waals surface area (Å²) in [6, 6.07) is -0.833. The van der Waals surface area contributed by atoms with Crippen molar-refractivity contribution in [3.63, 3.8) is 0 Å². The molecule has 0 saturated carbocycles. The largest absolute Gasteiger partial charge is 2.00 e. The van der Waals surface area contributed by atoms with E-state index in [0.717, 1.165) is 0 Å². The number of primary amides is 2. The van der Waals surface area contributed by atoms with Crippen molar-refractivity contribution in [2.75, 3.05) is 0 Å². The van der Waals surface area contributed by atoms with E-state index in [-0.39, 0.29) is 45.1 Å². The first kappa shape index (κ1) is 25.9. The minimum Gasteiger partial charge on any atom is -0.352 e. The summed E-state index contributed by atoms with van der Waals surface area (Å²) < 4.78 is 0. The second-order valence-corrected chi connectivity index (χ2v) is 0.402. The first-order valence-electron chi connectivity index (χ1n) is 0.781. The van der Waals surface area contributed by atoms with Gasteiger partial charge in [0.25, 0.3) is 0 Å². The van der Waals surface area contributed by atoms with E-state index in [4.69, 9.17) is 4.79 Å². The van der Waals surface area contributed by atoms with Crippen LogP contribution < -0.4 is 17.6 Å². The number of hydrogen-bond donors (Lipinski definition) is 3. The van der Waals surface area contributed by atoms with Gasteiger partial charge < -0.3 is 17.6 Å². The van der Waals surface area contributed by atoms with Gasteiger partial charge in [-0.2, -0.15) is 0 Å². The minimum absolute atomic E-state index is 0. The average Bonchev–Trinajstić information content (AvgIpc) is 0.811. The molecule has 7 N–H and O–H groups in total. The third-order valence-corrected chi connectivity index (χ3v) is 0. The van der Waals surface area contributed by atoms with Gasteiger partial charge in [-0.05, 0) is 0 Å². The number of carbonyl (C=O) groups is 1. The van der Waals surface area contributed by atoms with E-state index >= 15 is 0 Å². The Morgan fingerprint density at radius 3 is 1.14 bits per heavy atom. The number of hydrogen-bond acceptors (Lipinski definition) is 2. The molecule has 0 atom stereocenters. The van der Waals surface area contributed by atoms with Crippen LogP contribution in [0, 0.1) is 0 Å². The Kier molecular flexibility index (Phi) is 59.6. The van der Waals surface area contributed by atoms with Gasteiger partial charge in [-0.3, -0.25) is 0 Å². The Balaban J connectivity index is -0.0000000150. The molecule has 0 aromatic rings. The summed E-state index contributed by atoms with van der Waals surface area (Å²) in [5.74, 6) is 0. The van der Waals surface area contributed by atoms with E-state index in [9.17, 15) is 0 Å². The molecule has 2 amide bonds. The topological polar surface area (TPSA) is 104 Å². The van der Waals surface area contributed by atoms with Crippen LogP contribution >= 0.6 is 0 Å². The first-order chi connectivity index (χ1) is 1.73. The average molecular weight is 208 g/mol. The van der Waals surface area contributed by atoms with Crippen LogP contribution in [0.2, 0.25) is 0 Å². The zero-order chi connectivity index (χ0) is 3.58. The second-order valence-electron chi connectivity index (χ2n) is 0.402. The van der Waals surface area contributed by atoms with Crippen molar-refractivity contribution >= 4 is 6.03 Å². The molecule has 0 saturated heterocycles. The molecule has 4 nitrogen and oxygen atoms in total. The van der Waals surface area contributed by atoms with Crippen molar-refractivity contribution in [3.8, 4) is 0 Å². The molecule has 0 bridgehead atoms. The van der Waals surface area contributed by atoms with Crippen molar-refractivity contribution in [1.29, 1.82) is 0 Å². The quantitative estimate of drug-likeness (QED) is 0.452. The summed E-state index contributed by atoms with van der Waals surface area (Å²) >= 11 is 0. The van der Waals surface area contributed by atoms with Crippen LogP contribution in [0.1, 0.15) is 0 Å². The molecule has 0 aromatic heterocycles. The molecule has 0 aliphatic rings. The maximum atomic E-state index is 9.00. The van der Waals surface area contributed by atoms with E-state index in [0.29, 0.717) is 0 Å². The zero-order valence-electron chi connectivity index (χ0n) is 4.18. The van der Waals surface area contributed by atoms with Gasteiger partial charge in [0.15, 0.2) is 0 Å². The van der Waals surface area contributed by atoms with E-state index in [2.05, 4.69) is 11.5 Å². The minimum atomic E-state index is -0.833. The number of nitrogens with two attached hydrogens (primary N) is 2. The molecule has 0 aliphatic carbocycles. The second kappa shape index (κ2) is 16.1. The van der Waals surface area contributed by atoms with Gasteiger partial charge in [0, 0.05) is 0 Å². The smallest absolute Gasteiger partial charge is 0.352 e. The molecule has 0 rings (SSSR count). The van der Waals surface area contributed by atoms with Crippen molar-refractivity contribution in [2.24, 2.45) is 11.5 Å². The molecule has 6 heteroatoms. The van der Waals surface area contributed by atoms with Crippen LogP contribution in [0.3, 0.4) is 0 Å². The van der Waals surface area contributed by atoms with Gasteiger partial charge in [0.2, 0.25) is 0 Å². The number of urea groups is 1. The van der Waals surface area contributed by atoms with Crippen LogP contribution in [0.25, 0.3) is 0 Å². The Morgan fingerprint density at radius 2 is 1.14 bits per heavy atom. The van der Waals surface area contributed by atoms with Gasteiger partial charge in [-0.1, -0.05) is 0 Å². The number of rotatable bonds is 0. The Bertz CT molecular complexity index is 35.9. The summed E-state index contributed by atoms with van der Waals surface area (Å²) in [5.41, 5.74) is 8.50.